The molecular weight excluding hydrogens is 128 g/mol. The number of rotatable bonds is 3. The van der Waals surface area contributed by atoms with E-state index in [2.05, 4.69) is 37.0 Å². The van der Waals surface area contributed by atoms with Crippen LogP contribution in [0.25, 0.3) is 0 Å². The molecule has 0 N–H and O–H groups in total. The van der Waals surface area contributed by atoms with Gasteiger partial charge in [0.05, 0.1) is 0 Å². The quantitative estimate of drug-likeness (QED) is 0.422. The van der Waals surface area contributed by atoms with Crippen LogP contribution in [0.2, 0.25) is 0 Å². The smallest absolute Gasteiger partial charge is 0.0236 e. The predicted molar refractivity (Wildman–Crippen MR) is 49.6 cm³/mol. The van der Waals surface area contributed by atoms with Crippen molar-refractivity contribution in [3.05, 3.63) is 12.2 Å². The van der Waals surface area contributed by atoms with Gasteiger partial charge in [-0.1, -0.05) is 25.5 Å². The lowest BCUT2D eigenvalue weighted by Crippen LogP contribution is -1.66. The summed E-state index contributed by atoms with van der Waals surface area (Å²) >= 11 is 0. The highest BCUT2D eigenvalue weighted by atomic mass is 32.2. The average molecular weight is 144 g/mol. The van der Waals surface area contributed by atoms with Crippen LogP contribution < -0.4 is 0 Å². The molecule has 0 spiro atoms. The van der Waals surface area contributed by atoms with Crippen LogP contribution in [0, 0.1) is 0 Å². The van der Waals surface area contributed by atoms with E-state index in [1.165, 1.54) is 12.8 Å². The molecule has 0 aromatic carbocycles. The van der Waals surface area contributed by atoms with Gasteiger partial charge in [0.25, 0.3) is 0 Å². The second-order valence-corrected chi connectivity index (χ2v) is 4.26. The van der Waals surface area contributed by atoms with Crippen LogP contribution >= 0.6 is 10.5 Å². The number of allylic oxidation sites excluding steroid dienone is 2. The van der Waals surface area contributed by atoms with Gasteiger partial charge in [0, 0.05) is 0 Å². The zero-order valence-corrected chi connectivity index (χ0v) is 7.37. The Hall–Kier alpha value is -0.0400. The lowest BCUT2D eigenvalue weighted by Gasteiger charge is -1.84. The van der Waals surface area contributed by atoms with Gasteiger partial charge in [0.15, 0.2) is 0 Å². The van der Waals surface area contributed by atoms with E-state index in [1.807, 2.05) is 0 Å². The minimum absolute atomic E-state index is 0.469. The Kier molecular flexibility index (Phi) is 6.06. The Morgan fingerprint density at radius 2 is 2.00 bits per heavy atom. The molecule has 0 heterocycles. The van der Waals surface area contributed by atoms with Crippen molar-refractivity contribution in [2.45, 2.75) is 19.8 Å². The molecule has 0 bridgehead atoms. The highest BCUT2D eigenvalue weighted by molar-refractivity contribution is 8.14. The summed E-state index contributed by atoms with van der Waals surface area (Å²) in [4.78, 5) is 0. The molecule has 0 amide bonds. The molecule has 0 unspecified atom stereocenters. The summed E-state index contributed by atoms with van der Waals surface area (Å²) in [5.74, 6) is 0. The summed E-state index contributed by atoms with van der Waals surface area (Å²) in [5, 5.41) is 2.25. The van der Waals surface area contributed by atoms with Crippen molar-refractivity contribution in [2.75, 3.05) is 12.5 Å². The summed E-state index contributed by atoms with van der Waals surface area (Å²) in [6.07, 6.45) is 11.3. The molecule has 0 saturated heterocycles. The third-order valence-electron chi connectivity index (χ3n) is 0.942. The minimum atomic E-state index is 0.469. The molecule has 9 heavy (non-hydrogen) atoms. The van der Waals surface area contributed by atoms with Gasteiger partial charge in [-0.2, -0.15) is 10.5 Å². The van der Waals surface area contributed by atoms with Gasteiger partial charge in [-0.3, -0.25) is 0 Å². The largest absolute Gasteiger partial charge is 0.192 e. The van der Waals surface area contributed by atoms with E-state index in [0.717, 1.165) is 0 Å². The van der Waals surface area contributed by atoms with E-state index in [4.69, 9.17) is 0 Å². The maximum Gasteiger partial charge on any atom is -0.0236 e. The van der Waals surface area contributed by atoms with E-state index < -0.39 is 0 Å². The fourth-order valence-electron chi connectivity index (χ4n) is 0.476. The monoisotopic (exact) mass is 144 g/mol. The van der Waals surface area contributed by atoms with Crippen LogP contribution in [-0.2, 0) is 0 Å². The van der Waals surface area contributed by atoms with Crippen molar-refractivity contribution in [1.82, 2.24) is 0 Å². The van der Waals surface area contributed by atoms with Crippen molar-refractivity contribution < 1.29 is 0 Å². The Morgan fingerprint density at radius 3 is 2.44 bits per heavy atom. The van der Waals surface area contributed by atoms with E-state index >= 15 is 0 Å². The minimum Gasteiger partial charge on any atom is -0.192 e. The second kappa shape index (κ2) is 6.09. The van der Waals surface area contributed by atoms with Crippen LogP contribution in [0.5, 0.6) is 0 Å². The topological polar surface area (TPSA) is 0 Å². The molecule has 0 aromatic heterocycles. The van der Waals surface area contributed by atoms with Gasteiger partial charge in [0.1, 0.15) is 0 Å². The standard InChI is InChI=1S/C8H16S/c1-4-5-6-7-8-9(2)3/h6-8H,4-5H2,1-3H3. The van der Waals surface area contributed by atoms with Crippen molar-refractivity contribution in [3.8, 4) is 0 Å². The Morgan fingerprint density at radius 1 is 1.33 bits per heavy atom. The SMILES string of the molecule is CCCC=CC=S(C)C. The van der Waals surface area contributed by atoms with Crippen molar-refractivity contribution in [2.24, 2.45) is 0 Å². The summed E-state index contributed by atoms with van der Waals surface area (Å²) in [5.41, 5.74) is 0. The zero-order chi connectivity index (χ0) is 7.11. The van der Waals surface area contributed by atoms with Crippen LogP contribution in [-0.4, -0.2) is 17.9 Å². The molecule has 0 aliphatic rings. The van der Waals surface area contributed by atoms with E-state index in [0.29, 0.717) is 10.5 Å². The summed E-state index contributed by atoms with van der Waals surface area (Å²) < 4.78 is 0. The number of unbranched alkanes of at least 4 members (excludes halogenated alkanes) is 1. The normalized spacial score (nSPS) is 11.1. The molecule has 0 radical (unpaired) electrons. The highest BCUT2D eigenvalue weighted by Gasteiger charge is 1.70. The van der Waals surface area contributed by atoms with Crippen LogP contribution in [0.4, 0.5) is 0 Å². The van der Waals surface area contributed by atoms with Crippen LogP contribution in [0.3, 0.4) is 0 Å². The maximum atomic E-state index is 2.25. The highest BCUT2D eigenvalue weighted by Crippen LogP contribution is 1.95. The fraction of sp³-hybridized carbons (Fsp3) is 0.625. The van der Waals surface area contributed by atoms with Gasteiger partial charge in [-0.05, 0) is 24.3 Å². The lowest BCUT2D eigenvalue weighted by atomic mass is 10.3. The summed E-state index contributed by atoms with van der Waals surface area (Å²) in [7, 11) is 0.469. The Bertz CT molecular complexity index is 108. The zero-order valence-electron chi connectivity index (χ0n) is 6.55. The third-order valence-corrected chi connectivity index (χ3v) is 1.64. The molecule has 0 saturated carbocycles. The molecule has 0 aliphatic heterocycles. The first kappa shape index (κ1) is 8.96. The van der Waals surface area contributed by atoms with Crippen LogP contribution in [0.15, 0.2) is 12.2 Å². The summed E-state index contributed by atoms with van der Waals surface area (Å²) in [6, 6.07) is 0. The molecule has 1 heteroatoms. The van der Waals surface area contributed by atoms with Gasteiger partial charge >= 0.3 is 0 Å². The Balaban J connectivity index is 3.35. The van der Waals surface area contributed by atoms with Gasteiger partial charge in [-0.25, -0.2) is 0 Å². The first-order chi connectivity index (χ1) is 4.27. The maximum absolute atomic E-state index is 2.25. The number of hydrogen-bond acceptors (Lipinski definition) is 0. The van der Waals surface area contributed by atoms with E-state index in [-0.39, 0.29) is 0 Å². The van der Waals surface area contributed by atoms with Gasteiger partial charge in [-0.15, -0.1) is 0 Å². The molecule has 0 rings (SSSR count). The first-order valence-electron chi connectivity index (χ1n) is 3.33. The predicted octanol–water partition coefficient (Wildman–Crippen LogP) is 2.67. The third kappa shape index (κ3) is 7.96. The molecule has 0 fully saturated rings. The molecule has 0 atom stereocenters. The van der Waals surface area contributed by atoms with Crippen LogP contribution in [0.1, 0.15) is 19.8 Å². The van der Waals surface area contributed by atoms with Crippen molar-refractivity contribution >= 4 is 15.9 Å². The van der Waals surface area contributed by atoms with Crippen molar-refractivity contribution in [1.29, 1.82) is 0 Å². The lowest BCUT2D eigenvalue weighted by molar-refractivity contribution is 0.960. The van der Waals surface area contributed by atoms with Crippen molar-refractivity contribution in [3.63, 3.8) is 0 Å². The molecule has 0 aromatic rings. The number of hydrogen-bond donors (Lipinski definition) is 0. The second-order valence-electron chi connectivity index (χ2n) is 2.23. The first-order valence-corrected chi connectivity index (χ1v) is 5.44. The fourth-order valence-corrected chi connectivity index (χ4v) is 0.901. The average Bonchev–Trinajstić information content (AvgIpc) is 1.80. The Labute approximate surface area is 60.9 Å². The molecule has 0 nitrogen and oxygen atoms in total. The van der Waals surface area contributed by atoms with E-state index in [1.54, 1.807) is 0 Å². The molecule has 0 aliphatic carbocycles. The van der Waals surface area contributed by atoms with Gasteiger partial charge < -0.3 is 0 Å². The van der Waals surface area contributed by atoms with E-state index in [9.17, 15) is 0 Å². The van der Waals surface area contributed by atoms with Gasteiger partial charge in [0.2, 0.25) is 0 Å². The summed E-state index contributed by atoms with van der Waals surface area (Å²) in [6.45, 7) is 2.20. The molecular formula is C8H16S. The molecule has 54 valence electrons.